The highest BCUT2D eigenvalue weighted by Gasteiger charge is 2.01. The minimum absolute atomic E-state index is 1.04. The zero-order valence-electron chi connectivity index (χ0n) is 6.82. The van der Waals surface area contributed by atoms with Crippen molar-refractivity contribution in [3.05, 3.63) is 48.7 Å². The van der Waals surface area contributed by atoms with Crippen LogP contribution in [0.4, 0.5) is 0 Å². The number of oxazole rings is 1. The second kappa shape index (κ2) is 2.81. The van der Waals surface area contributed by atoms with E-state index >= 15 is 0 Å². The third-order valence-corrected chi connectivity index (χ3v) is 1.74. The molecule has 0 amide bonds. The van der Waals surface area contributed by atoms with Gasteiger partial charge in [-0.05, 0) is 19.1 Å². The van der Waals surface area contributed by atoms with Crippen LogP contribution in [0, 0.1) is 13.3 Å². The molecule has 12 heavy (non-hydrogen) atoms. The number of hydrogen-bond donors (Lipinski definition) is 0. The molecule has 0 radical (unpaired) electrons. The number of nitrogens with zero attached hydrogens (tertiary/aromatic N) is 1. The lowest BCUT2D eigenvalue weighted by Gasteiger charge is -1.97. The molecule has 0 fully saturated rings. The van der Waals surface area contributed by atoms with Crippen molar-refractivity contribution in [1.29, 1.82) is 0 Å². The van der Waals surface area contributed by atoms with Gasteiger partial charge >= 0.3 is 6.39 Å². The smallest absolute Gasteiger partial charge is 0.355 e. The molecule has 2 nitrogen and oxygen atoms in total. The number of aryl methyl sites for hydroxylation is 1. The molecule has 1 aromatic heterocycles. The molecule has 0 atom stereocenters. The highest BCUT2D eigenvalue weighted by molar-refractivity contribution is 5.21. The van der Waals surface area contributed by atoms with Crippen LogP contribution in [-0.2, 0) is 0 Å². The van der Waals surface area contributed by atoms with E-state index in [0.717, 1.165) is 11.4 Å². The Hall–Kier alpha value is -1.57. The predicted molar refractivity (Wildman–Crippen MR) is 43.8 cm³/mol. The van der Waals surface area contributed by atoms with Gasteiger partial charge in [-0.3, -0.25) is 4.57 Å². The molecule has 1 aromatic carbocycles. The SMILES string of the molecule is Cc1co[c-][n+]1-c1ccccc1. The van der Waals surface area contributed by atoms with E-state index in [1.165, 1.54) is 0 Å². The molecule has 0 bridgehead atoms. The zero-order valence-corrected chi connectivity index (χ0v) is 6.82. The topological polar surface area (TPSA) is 17.0 Å². The van der Waals surface area contributed by atoms with E-state index in [2.05, 4.69) is 6.39 Å². The third-order valence-electron chi connectivity index (χ3n) is 1.74. The monoisotopic (exact) mass is 159 g/mol. The van der Waals surface area contributed by atoms with Crippen LogP contribution in [0.2, 0.25) is 0 Å². The number of rotatable bonds is 1. The summed E-state index contributed by atoms with van der Waals surface area (Å²) in [5.41, 5.74) is 2.12. The van der Waals surface area contributed by atoms with Gasteiger partial charge in [-0.1, -0.05) is 18.2 Å². The number of aromatic nitrogens is 1. The highest BCUT2D eigenvalue weighted by Crippen LogP contribution is 1.99. The lowest BCUT2D eigenvalue weighted by molar-refractivity contribution is -0.610. The van der Waals surface area contributed by atoms with Gasteiger partial charge in [-0.2, -0.15) is 0 Å². The molecule has 0 unspecified atom stereocenters. The van der Waals surface area contributed by atoms with Crippen molar-refractivity contribution in [1.82, 2.24) is 0 Å². The summed E-state index contributed by atoms with van der Waals surface area (Å²) in [5, 5.41) is 0. The lowest BCUT2D eigenvalue weighted by atomic mass is 10.3. The molecule has 0 aliphatic heterocycles. The summed E-state index contributed by atoms with van der Waals surface area (Å²) < 4.78 is 6.81. The maximum atomic E-state index is 4.94. The zero-order chi connectivity index (χ0) is 8.39. The number of benzene rings is 1. The average Bonchev–Trinajstić information content (AvgIpc) is 2.53. The second-order valence-electron chi connectivity index (χ2n) is 2.64. The standard InChI is InChI=1S/C10H9NO/c1-9-7-12-8-11(9)10-5-3-2-4-6-10/h2-7H,1H3. The van der Waals surface area contributed by atoms with Gasteiger partial charge in [0.2, 0.25) is 0 Å². The van der Waals surface area contributed by atoms with Crippen molar-refractivity contribution in [2.75, 3.05) is 0 Å². The van der Waals surface area contributed by atoms with Crippen LogP contribution < -0.4 is 4.57 Å². The first-order valence-corrected chi connectivity index (χ1v) is 3.81. The van der Waals surface area contributed by atoms with Crippen LogP contribution >= 0.6 is 0 Å². The van der Waals surface area contributed by atoms with Crippen molar-refractivity contribution in [3.63, 3.8) is 0 Å². The van der Waals surface area contributed by atoms with E-state index in [9.17, 15) is 0 Å². The van der Waals surface area contributed by atoms with Gasteiger partial charge in [0.05, 0.1) is 0 Å². The largest absolute Gasteiger partial charge is 0.507 e. The van der Waals surface area contributed by atoms with Gasteiger partial charge in [-0.25, -0.2) is 0 Å². The second-order valence-corrected chi connectivity index (χ2v) is 2.64. The molecule has 0 saturated heterocycles. The van der Waals surface area contributed by atoms with Crippen molar-refractivity contribution in [3.8, 4) is 5.69 Å². The van der Waals surface area contributed by atoms with Crippen molar-refractivity contribution in [2.24, 2.45) is 0 Å². The highest BCUT2D eigenvalue weighted by atomic mass is 16.3. The summed E-state index contributed by atoms with van der Waals surface area (Å²) in [6, 6.07) is 9.99. The van der Waals surface area contributed by atoms with Crippen LogP contribution in [0.25, 0.3) is 5.69 Å². The summed E-state index contributed by atoms with van der Waals surface area (Å²) in [6.45, 7) is 1.98. The Morgan fingerprint density at radius 1 is 1.25 bits per heavy atom. The quantitative estimate of drug-likeness (QED) is 0.457. The molecule has 0 aliphatic carbocycles. The van der Waals surface area contributed by atoms with Gasteiger partial charge < -0.3 is 4.42 Å². The minimum atomic E-state index is 1.04. The summed E-state index contributed by atoms with van der Waals surface area (Å²) >= 11 is 0. The Balaban J connectivity index is 2.51. The normalized spacial score (nSPS) is 10.1. The first kappa shape index (κ1) is 7.10. The van der Waals surface area contributed by atoms with E-state index < -0.39 is 0 Å². The molecule has 60 valence electrons. The molecule has 2 rings (SSSR count). The fourth-order valence-electron chi connectivity index (χ4n) is 1.12. The van der Waals surface area contributed by atoms with Gasteiger partial charge in [0.1, 0.15) is 11.4 Å². The Bertz CT molecular complexity index is 364. The van der Waals surface area contributed by atoms with E-state index in [-0.39, 0.29) is 0 Å². The molecule has 0 saturated carbocycles. The lowest BCUT2D eigenvalue weighted by Crippen LogP contribution is -2.30. The number of para-hydroxylation sites is 1. The van der Waals surface area contributed by atoms with Crippen molar-refractivity contribution >= 4 is 0 Å². The summed E-state index contributed by atoms with van der Waals surface area (Å²) in [6.07, 6.45) is 4.44. The molecule has 1 heterocycles. The Morgan fingerprint density at radius 3 is 2.58 bits per heavy atom. The molecular weight excluding hydrogens is 150 g/mol. The Kier molecular flexibility index (Phi) is 1.67. The Labute approximate surface area is 71.1 Å². The number of hydrogen-bond acceptors (Lipinski definition) is 1. The summed E-state index contributed by atoms with van der Waals surface area (Å²) in [7, 11) is 0. The van der Waals surface area contributed by atoms with Gasteiger partial charge in [-0.15, -0.1) is 0 Å². The predicted octanol–water partition coefficient (Wildman–Crippen LogP) is 1.66. The molecule has 0 N–H and O–H groups in total. The molecular formula is C10H9NO. The van der Waals surface area contributed by atoms with Gasteiger partial charge in [0, 0.05) is 6.26 Å². The fourth-order valence-corrected chi connectivity index (χ4v) is 1.12. The maximum Gasteiger partial charge on any atom is 0.355 e. The first-order chi connectivity index (χ1) is 5.88. The van der Waals surface area contributed by atoms with Crippen LogP contribution in [0.5, 0.6) is 0 Å². The van der Waals surface area contributed by atoms with Crippen LogP contribution in [0.15, 0.2) is 41.0 Å². The van der Waals surface area contributed by atoms with E-state index in [1.54, 1.807) is 6.26 Å². The molecule has 2 heteroatoms. The van der Waals surface area contributed by atoms with E-state index in [0.29, 0.717) is 0 Å². The van der Waals surface area contributed by atoms with Crippen LogP contribution in [0.3, 0.4) is 0 Å². The third kappa shape index (κ3) is 1.11. The molecule has 0 spiro atoms. The Morgan fingerprint density at radius 2 is 2.00 bits per heavy atom. The van der Waals surface area contributed by atoms with Gasteiger partial charge in [0.15, 0.2) is 0 Å². The van der Waals surface area contributed by atoms with Crippen molar-refractivity contribution in [2.45, 2.75) is 6.92 Å². The van der Waals surface area contributed by atoms with E-state index in [1.807, 2.05) is 41.8 Å². The first-order valence-electron chi connectivity index (χ1n) is 3.81. The molecule has 0 aliphatic rings. The van der Waals surface area contributed by atoms with Gasteiger partial charge in [0.25, 0.3) is 0 Å². The van der Waals surface area contributed by atoms with Crippen molar-refractivity contribution < 1.29 is 8.98 Å². The summed E-state index contributed by atoms with van der Waals surface area (Å²) in [5.74, 6) is 0. The van der Waals surface area contributed by atoms with Crippen LogP contribution in [0.1, 0.15) is 5.69 Å². The average molecular weight is 159 g/mol. The van der Waals surface area contributed by atoms with Crippen LogP contribution in [-0.4, -0.2) is 0 Å². The minimum Gasteiger partial charge on any atom is -0.507 e. The maximum absolute atomic E-state index is 4.94. The summed E-state index contributed by atoms with van der Waals surface area (Å²) in [4.78, 5) is 0. The molecule has 2 aromatic rings. The fraction of sp³-hybridized carbons (Fsp3) is 0.100. The van der Waals surface area contributed by atoms with E-state index in [4.69, 9.17) is 4.42 Å².